The smallest absolute Gasteiger partial charge is 0.264 e. The fourth-order valence-electron chi connectivity index (χ4n) is 4.34. The van der Waals surface area contributed by atoms with Gasteiger partial charge in [-0.1, -0.05) is 31.2 Å². The van der Waals surface area contributed by atoms with Crippen molar-refractivity contribution in [1.29, 1.82) is 0 Å². The van der Waals surface area contributed by atoms with Crippen LogP contribution in [0.1, 0.15) is 39.7 Å². The minimum atomic E-state index is -4.22. The average molecular weight is 628 g/mol. The Balaban J connectivity index is 2.09. The summed E-state index contributed by atoms with van der Waals surface area (Å²) in [6.07, 6.45) is 2.63. The van der Waals surface area contributed by atoms with Gasteiger partial charge in [-0.05, 0) is 87.5 Å². The van der Waals surface area contributed by atoms with E-state index < -0.39 is 28.5 Å². The average Bonchev–Trinajstić information content (AvgIpc) is 3.02. The van der Waals surface area contributed by atoms with Crippen molar-refractivity contribution >= 4 is 39.3 Å². The maximum atomic E-state index is 14.2. The Hall–Kier alpha value is -3.70. The lowest BCUT2D eigenvalue weighted by atomic mass is 10.1. The molecule has 0 unspecified atom stereocenters. The second kappa shape index (κ2) is 15.7. The van der Waals surface area contributed by atoms with Gasteiger partial charge in [0.2, 0.25) is 11.8 Å². The molecule has 0 saturated carbocycles. The molecule has 43 heavy (non-hydrogen) atoms. The normalized spacial score (nSPS) is 12.6. The molecule has 0 radical (unpaired) electrons. The van der Waals surface area contributed by atoms with Crippen LogP contribution in [0.5, 0.6) is 11.5 Å². The molecule has 232 valence electrons. The molecule has 3 aromatic rings. The number of hydrogen-bond acceptors (Lipinski definition) is 7. The zero-order valence-corrected chi connectivity index (χ0v) is 27.2. The Kier molecular flexibility index (Phi) is 12.3. The third kappa shape index (κ3) is 8.67. The molecule has 0 heterocycles. The molecule has 9 nitrogen and oxygen atoms in total. The first-order valence-corrected chi connectivity index (χ1v) is 16.8. The second-order valence-electron chi connectivity index (χ2n) is 9.95. The largest absolute Gasteiger partial charge is 0.497 e. The van der Waals surface area contributed by atoms with E-state index in [-0.39, 0.29) is 29.1 Å². The Bertz CT molecular complexity index is 1480. The van der Waals surface area contributed by atoms with Gasteiger partial charge in [0.25, 0.3) is 10.0 Å². The number of methoxy groups -OCH3 is 1. The molecule has 0 aromatic heterocycles. The minimum absolute atomic E-state index is 0.0336. The van der Waals surface area contributed by atoms with Crippen LogP contribution >= 0.6 is 11.8 Å². The molecule has 0 bridgehead atoms. The number of carbonyl (C=O) groups excluding carboxylic acids is 2. The first-order valence-electron chi connectivity index (χ1n) is 14.2. The Morgan fingerprint density at radius 3 is 2.30 bits per heavy atom. The monoisotopic (exact) mass is 627 g/mol. The summed E-state index contributed by atoms with van der Waals surface area (Å²) in [5.74, 6) is 0.0433. The number of nitrogens with one attached hydrogen (secondary N) is 1. The van der Waals surface area contributed by atoms with Gasteiger partial charge in [0, 0.05) is 17.5 Å². The van der Waals surface area contributed by atoms with E-state index in [0.717, 1.165) is 21.2 Å². The number of amides is 2. The molecule has 2 amide bonds. The van der Waals surface area contributed by atoms with E-state index in [2.05, 4.69) is 5.32 Å². The first-order chi connectivity index (χ1) is 20.5. The van der Waals surface area contributed by atoms with Gasteiger partial charge >= 0.3 is 0 Å². The Morgan fingerprint density at radius 1 is 0.977 bits per heavy atom. The van der Waals surface area contributed by atoms with Gasteiger partial charge in [0.15, 0.2) is 0 Å². The topological polar surface area (TPSA) is 105 Å². The lowest BCUT2D eigenvalue weighted by Crippen LogP contribution is -2.52. The van der Waals surface area contributed by atoms with E-state index in [4.69, 9.17) is 9.47 Å². The molecule has 0 saturated heterocycles. The van der Waals surface area contributed by atoms with E-state index in [1.165, 1.54) is 28.8 Å². The highest BCUT2D eigenvalue weighted by atomic mass is 32.2. The van der Waals surface area contributed by atoms with Crippen LogP contribution in [0, 0.1) is 0 Å². The highest BCUT2D eigenvalue weighted by molar-refractivity contribution is 7.98. The van der Waals surface area contributed by atoms with Crippen molar-refractivity contribution in [2.24, 2.45) is 0 Å². The number of thioether (sulfide) groups is 1. The zero-order chi connectivity index (χ0) is 31.6. The molecule has 2 atom stereocenters. The Morgan fingerprint density at radius 2 is 1.67 bits per heavy atom. The molecule has 0 spiro atoms. The van der Waals surface area contributed by atoms with Crippen molar-refractivity contribution < 1.29 is 27.5 Å². The van der Waals surface area contributed by atoms with Gasteiger partial charge in [0.1, 0.15) is 24.1 Å². The molecule has 3 rings (SSSR count). The molecule has 3 aromatic carbocycles. The second-order valence-corrected chi connectivity index (χ2v) is 12.7. The first kappa shape index (κ1) is 33.8. The highest BCUT2D eigenvalue weighted by Gasteiger charge is 2.34. The molecule has 0 aliphatic rings. The van der Waals surface area contributed by atoms with Gasteiger partial charge < -0.3 is 19.7 Å². The van der Waals surface area contributed by atoms with Gasteiger partial charge in [-0.2, -0.15) is 0 Å². The predicted molar refractivity (Wildman–Crippen MR) is 171 cm³/mol. The summed E-state index contributed by atoms with van der Waals surface area (Å²) in [7, 11) is -2.67. The highest BCUT2D eigenvalue weighted by Crippen LogP contribution is 2.33. The van der Waals surface area contributed by atoms with Crippen LogP contribution in [0.15, 0.2) is 82.6 Å². The molecule has 0 fully saturated rings. The van der Waals surface area contributed by atoms with Crippen molar-refractivity contribution in [3.63, 3.8) is 0 Å². The molecular weight excluding hydrogens is 587 g/mol. The number of sulfonamides is 1. The van der Waals surface area contributed by atoms with Gasteiger partial charge in [0.05, 0.1) is 24.3 Å². The van der Waals surface area contributed by atoms with Crippen molar-refractivity contribution in [2.45, 2.75) is 62.5 Å². The van der Waals surface area contributed by atoms with Crippen molar-refractivity contribution in [2.75, 3.05) is 30.8 Å². The molecule has 1 N–H and O–H groups in total. The molecule has 0 aliphatic carbocycles. The lowest BCUT2D eigenvalue weighted by Gasteiger charge is -2.33. The predicted octanol–water partition coefficient (Wildman–Crippen LogP) is 5.34. The number of hydrogen-bond donors (Lipinski definition) is 1. The summed E-state index contributed by atoms with van der Waals surface area (Å²) >= 11 is 1.50. The fourth-order valence-corrected chi connectivity index (χ4v) is 6.18. The van der Waals surface area contributed by atoms with Crippen molar-refractivity contribution in [1.82, 2.24) is 10.2 Å². The van der Waals surface area contributed by atoms with Crippen LogP contribution in [0.25, 0.3) is 0 Å². The van der Waals surface area contributed by atoms with Gasteiger partial charge in [-0.3, -0.25) is 13.9 Å². The number of rotatable bonds is 15. The SMILES string of the molecule is CCOc1ccccc1N(CC(=O)N(Cc1cccc(OC)c1)[C@@H](C)C(=O)N[C@H](C)CC)S(=O)(=O)c1ccc(SC)cc1. The minimum Gasteiger partial charge on any atom is -0.497 e. The van der Waals surface area contributed by atoms with Gasteiger partial charge in [-0.25, -0.2) is 8.42 Å². The van der Waals surface area contributed by atoms with E-state index in [9.17, 15) is 18.0 Å². The number of nitrogens with zero attached hydrogens (tertiary/aromatic N) is 2. The summed E-state index contributed by atoms with van der Waals surface area (Å²) in [4.78, 5) is 29.8. The number of para-hydroxylation sites is 2. The van der Waals surface area contributed by atoms with E-state index >= 15 is 0 Å². The number of anilines is 1. The van der Waals surface area contributed by atoms with Crippen LogP contribution in [-0.2, 0) is 26.2 Å². The van der Waals surface area contributed by atoms with E-state index in [1.807, 2.05) is 26.2 Å². The molecular formula is C32H41N3O6S2. The maximum absolute atomic E-state index is 14.2. The summed E-state index contributed by atoms with van der Waals surface area (Å²) in [5, 5.41) is 2.94. The van der Waals surface area contributed by atoms with Crippen LogP contribution in [0.2, 0.25) is 0 Å². The summed E-state index contributed by atoms with van der Waals surface area (Å²) < 4.78 is 40.5. The number of ether oxygens (including phenoxy) is 2. The summed E-state index contributed by atoms with van der Waals surface area (Å²) in [6.45, 7) is 7.10. The lowest BCUT2D eigenvalue weighted by molar-refractivity contribution is -0.139. The van der Waals surface area contributed by atoms with Crippen LogP contribution < -0.4 is 19.1 Å². The maximum Gasteiger partial charge on any atom is 0.264 e. The van der Waals surface area contributed by atoms with Crippen LogP contribution in [0.4, 0.5) is 5.69 Å². The fraction of sp³-hybridized carbons (Fsp3) is 0.375. The van der Waals surface area contributed by atoms with E-state index in [1.54, 1.807) is 75.6 Å². The summed E-state index contributed by atoms with van der Waals surface area (Å²) in [6, 6.07) is 19.4. The standard InChI is InChI=1S/C32H41N3O6S2/c1-7-23(3)33-32(37)24(4)34(21-25-12-11-13-26(20-25)40-5)31(36)22-35(29-14-9-10-15-30(29)41-8-2)43(38,39)28-18-16-27(42-6)17-19-28/h9-20,23-24H,7-8,21-22H2,1-6H3,(H,33,37)/t23-,24+/m1/s1. The van der Waals surface area contributed by atoms with Crippen molar-refractivity contribution in [3.05, 3.63) is 78.4 Å². The van der Waals surface area contributed by atoms with Gasteiger partial charge in [-0.15, -0.1) is 11.8 Å². The third-order valence-corrected chi connectivity index (χ3v) is 9.53. The Labute approximate surface area is 259 Å². The van der Waals surface area contributed by atoms with E-state index in [0.29, 0.717) is 18.1 Å². The number of carbonyl (C=O) groups is 2. The quantitative estimate of drug-likeness (QED) is 0.227. The van der Waals surface area contributed by atoms with Crippen LogP contribution in [0.3, 0.4) is 0 Å². The van der Waals surface area contributed by atoms with Crippen LogP contribution in [-0.4, -0.2) is 63.7 Å². The van der Waals surface area contributed by atoms with Crippen molar-refractivity contribution in [3.8, 4) is 11.5 Å². The molecule has 0 aliphatic heterocycles. The number of benzene rings is 3. The summed E-state index contributed by atoms with van der Waals surface area (Å²) in [5.41, 5.74) is 0.956. The zero-order valence-electron chi connectivity index (χ0n) is 25.6. The third-order valence-electron chi connectivity index (χ3n) is 7.02. The molecule has 11 heteroatoms.